The van der Waals surface area contributed by atoms with Crippen molar-refractivity contribution in [1.29, 1.82) is 0 Å². The monoisotopic (exact) mass is 567 g/mol. The molecule has 0 radical (unpaired) electrons. The number of nitrogens with one attached hydrogen (secondary N) is 3. The summed E-state index contributed by atoms with van der Waals surface area (Å²) in [5, 5.41) is 6.38. The average molecular weight is 568 g/mol. The lowest BCUT2D eigenvalue weighted by molar-refractivity contribution is 0.0713. The first-order valence-electron chi connectivity index (χ1n) is 13.6. The first-order chi connectivity index (χ1) is 19.5. The minimum Gasteiger partial charge on any atom is -0.492 e. The fraction of sp³-hybridized carbons (Fsp3) is 0.433. The molecule has 41 heavy (non-hydrogen) atoms. The number of amides is 2. The number of anilines is 1. The lowest BCUT2D eigenvalue weighted by atomic mass is 9.89. The molecule has 0 aliphatic heterocycles. The van der Waals surface area contributed by atoms with Gasteiger partial charge in [-0.2, -0.15) is 0 Å². The van der Waals surface area contributed by atoms with Crippen molar-refractivity contribution in [2.24, 2.45) is 5.41 Å². The number of H-pyrrole nitrogens is 1. The number of hydrogen-bond donors (Lipinski definition) is 4. The van der Waals surface area contributed by atoms with Crippen LogP contribution in [-0.2, 0) is 9.47 Å². The van der Waals surface area contributed by atoms with E-state index in [1.807, 2.05) is 57.0 Å². The Morgan fingerprint density at radius 3 is 2.39 bits per heavy atom. The zero-order valence-electron chi connectivity index (χ0n) is 24.2. The number of carbonyl (C=O) groups is 3. The molecule has 0 unspecified atom stereocenters. The number of ketones is 1. The van der Waals surface area contributed by atoms with Gasteiger partial charge in [0.15, 0.2) is 5.78 Å². The van der Waals surface area contributed by atoms with E-state index in [1.165, 1.54) is 0 Å². The number of carbonyl (C=O) groups excluding carboxylic acids is 3. The number of benzene rings is 2. The Kier molecular flexibility index (Phi) is 11.5. The number of rotatable bonds is 15. The molecular weight excluding hydrogens is 526 g/mol. The Hall–Kier alpha value is -4.09. The summed E-state index contributed by atoms with van der Waals surface area (Å²) in [7, 11) is 1.94. The van der Waals surface area contributed by atoms with Crippen LogP contribution in [0, 0.1) is 5.41 Å². The SMILES string of the molecule is CN(CCNC(=O)OCCOCCNC(=O)c1ccc(N)cc1)CCOc1ccc2[nH]c(C(=O)C(C)(C)C)cc2c1. The third kappa shape index (κ3) is 10.4. The van der Waals surface area contributed by atoms with Crippen LogP contribution in [0.15, 0.2) is 48.5 Å². The molecule has 0 saturated heterocycles. The van der Waals surface area contributed by atoms with Crippen molar-refractivity contribution in [1.82, 2.24) is 20.5 Å². The number of alkyl carbamates (subject to hydrolysis) is 1. The maximum atomic E-state index is 12.5. The second kappa shape index (κ2) is 15.1. The highest BCUT2D eigenvalue weighted by molar-refractivity contribution is 6.02. The van der Waals surface area contributed by atoms with Crippen molar-refractivity contribution in [3.8, 4) is 5.75 Å². The molecule has 2 amide bonds. The highest BCUT2D eigenvalue weighted by Gasteiger charge is 2.24. The van der Waals surface area contributed by atoms with Gasteiger partial charge in [0.1, 0.15) is 19.0 Å². The third-order valence-corrected chi connectivity index (χ3v) is 6.19. The average Bonchev–Trinajstić information content (AvgIpc) is 3.35. The Balaban J connectivity index is 1.21. The predicted molar refractivity (Wildman–Crippen MR) is 158 cm³/mol. The topological polar surface area (TPSA) is 148 Å². The maximum Gasteiger partial charge on any atom is 0.407 e. The summed E-state index contributed by atoms with van der Waals surface area (Å²) in [6, 6.07) is 14.2. The van der Waals surface area contributed by atoms with Gasteiger partial charge in [-0.25, -0.2) is 4.79 Å². The molecule has 3 rings (SSSR count). The molecule has 11 nitrogen and oxygen atoms in total. The molecule has 11 heteroatoms. The van der Waals surface area contributed by atoms with E-state index in [0.717, 1.165) is 16.7 Å². The maximum absolute atomic E-state index is 12.5. The highest BCUT2D eigenvalue weighted by atomic mass is 16.6. The van der Waals surface area contributed by atoms with Gasteiger partial charge in [0.25, 0.3) is 5.91 Å². The fourth-order valence-corrected chi connectivity index (χ4v) is 3.83. The van der Waals surface area contributed by atoms with Crippen LogP contribution in [0.5, 0.6) is 5.75 Å². The van der Waals surface area contributed by atoms with Gasteiger partial charge in [0.05, 0.1) is 18.9 Å². The van der Waals surface area contributed by atoms with Crippen LogP contribution in [0.4, 0.5) is 10.5 Å². The molecule has 1 aromatic heterocycles. The molecule has 1 heterocycles. The Morgan fingerprint density at radius 2 is 1.66 bits per heavy atom. The van der Waals surface area contributed by atoms with Crippen molar-refractivity contribution in [2.75, 3.05) is 65.4 Å². The van der Waals surface area contributed by atoms with E-state index in [0.29, 0.717) is 56.3 Å². The summed E-state index contributed by atoms with van der Waals surface area (Å²) in [6.45, 7) is 8.87. The minimum atomic E-state index is -0.515. The standard InChI is InChI=1S/C30H41N5O6/c1-30(2,3)27(36)26-20-22-19-24(9-10-25(22)34-26)40-16-14-35(4)13-11-33-29(38)41-18-17-39-15-12-32-28(37)21-5-7-23(31)8-6-21/h5-10,19-20,34H,11-18,31H2,1-4H3,(H,32,37)(H,33,38). The van der Waals surface area contributed by atoms with E-state index in [1.54, 1.807) is 24.3 Å². The summed E-state index contributed by atoms with van der Waals surface area (Å²) in [5.74, 6) is 0.591. The van der Waals surface area contributed by atoms with Crippen LogP contribution in [0.3, 0.4) is 0 Å². The lowest BCUT2D eigenvalue weighted by Crippen LogP contribution is -2.35. The molecule has 5 N–H and O–H groups in total. The second-order valence-electron chi connectivity index (χ2n) is 10.7. The van der Waals surface area contributed by atoms with Gasteiger partial charge in [0.2, 0.25) is 0 Å². The predicted octanol–water partition coefficient (Wildman–Crippen LogP) is 3.46. The Bertz CT molecular complexity index is 1300. The number of fused-ring (bicyclic) bond motifs is 1. The number of nitrogens with two attached hydrogens (primary N) is 1. The third-order valence-electron chi connectivity index (χ3n) is 6.19. The number of aromatic amines is 1. The summed E-state index contributed by atoms with van der Waals surface area (Å²) in [4.78, 5) is 41.6. The van der Waals surface area contributed by atoms with Gasteiger partial charge in [-0.1, -0.05) is 20.8 Å². The molecule has 0 fully saturated rings. The van der Waals surface area contributed by atoms with Gasteiger partial charge >= 0.3 is 6.09 Å². The van der Waals surface area contributed by atoms with Crippen LogP contribution < -0.4 is 21.1 Å². The second-order valence-corrected chi connectivity index (χ2v) is 10.7. The molecule has 3 aromatic rings. The molecule has 0 saturated carbocycles. The first-order valence-corrected chi connectivity index (χ1v) is 13.6. The van der Waals surface area contributed by atoms with Crippen LogP contribution >= 0.6 is 0 Å². The quantitative estimate of drug-likeness (QED) is 0.124. The van der Waals surface area contributed by atoms with Crippen LogP contribution in [0.25, 0.3) is 10.9 Å². The van der Waals surface area contributed by atoms with Gasteiger partial charge in [0, 0.05) is 53.7 Å². The lowest BCUT2D eigenvalue weighted by Gasteiger charge is -2.17. The molecule has 2 aromatic carbocycles. The molecule has 0 bridgehead atoms. The fourth-order valence-electron chi connectivity index (χ4n) is 3.83. The molecule has 222 valence electrons. The first kappa shape index (κ1) is 31.4. The van der Waals surface area contributed by atoms with E-state index >= 15 is 0 Å². The number of Topliss-reactive ketones (excluding diaryl/α,β-unsaturated/α-hetero) is 1. The molecule has 0 aliphatic rings. The van der Waals surface area contributed by atoms with Crippen molar-refractivity contribution >= 4 is 34.4 Å². The van der Waals surface area contributed by atoms with Crippen molar-refractivity contribution in [2.45, 2.75) is 20.8 Å². The number of nitrogen functional groups attached to an aromatic ring is 1. The summed E-state index contributed by atoms with van der Waals surface area (Å²) >= 11 is 0. The summed E-state index contributed by atoms with van der Waals surface area (Å²) in [5.41, 5.74) is 7.77. The molecule has 0 spiro atoms. The van der Waals surface area contributed by atoms with E-state index in [9.17, 15) is 14.4 Å². The number of nitrogens with zero attached hydrogens (tertiary/aromatic N) is 1. The van der Waals surface area contributed by atoms with E-state index in [-0.39, 0.29) is 24.9 Å². The highest BCUT2D eigenvalue weighted by Crippen LogP contribution is 2.26. The molecule has 0 aliphatic carbocycles. The Morgan fingerprint density at radius 1 is 0.902 bits per heavy atom. The van der Waals surface area contributed by atoms with Gasteiger partial charge in [-0.3, -0.25) is 9.59 Å². The number of hydrogen-bond acceptors (Lipinski definition) is 8. The van der Waals surface area contributed by atoms with E-state index in [4.69, 9.17) is 19.9 Å². The van der Waals surface area contributed by atoms with Crippen molar-refractivity contribution < 1.29 is 28.6 Å². The zero-order chi connectivity index (χ0) is 29.8. The minimum absolute atomic E-state index is 0.0668. The number of likely N-dealkylation sites (N-methyl/N-ethyl adjacent to an activating group) is 1. The van der Waals surface area contributed by atoms with E-state index < -0.39 is 11.5 Å². The number of ether oxygens (including phenoxy) is 3. The van der Waals surface area contributed by atoms with Crippen molar-refractivity contribution in [3.05, 3.63) is 59.8 Å². The van der Waals surface area contributed by atoms with Crippen LogP contribution in [-0.4, -0.2) is 87.3 Å². The van der Waals surface area contributed by atoms with Gasteiger partial charge < -0.3 is 40.5 Å². The zero-order valence-corrected chi connectivity index (χ0v) is 24.2. The van der Waals surface area contributed by atoms with E-state index in [2.05, 4.69) is 15.6 Å². The molecule has 0 atom stereocenters. The van der Waals surface area contributed by atoms with Gasteiger partial charge in [-0.15, -0.1) is 0 Å². The summed E-state index contributed by atoms with van der Waals surface area (Å²) in [6.07, 6.45) is -0.515. The largest absolute Gasteiger partial charge is 0.492 e. The Labute approximate surface area is 240 Å². The summed E-state index contributed by atoms with van der Waals surface area (Å²) < 4.78 is 16.4. The van der Waals surface area contributed by atoms with Crippen molar-refractivity contribution in [3.63, 3.8) is 0 Å². The van der Waals surface area contributed by atoms with Gasteiger partial charge in [-0.05, 0) is 55.6 Å². The number of aromatic nitrogens is 1. The smallest absolute Gasteiger partial charge is 0.407 e. The van der Waals surface area contributed by atoms with Crippen LogP contribution in [0.2, 0.25) is 0 Å². The molecular formula is C30H41N5O6. The van der Waals surface area contributed by atoms with Crippen LogP contribution in [0.1, 0.15) is 41.6 Å². The normalized spacial score (nSPS) is 11.4.